The van der Waals surface area contributed by atoms with Crippen molar-refractivity contribution in [1.29, 1.82) is 0 Å². The van der Waals surface area contributed by atoms with Crippen LogP contribution in [-0.2, 0) is 20.4 Å². The Kier molecular flexibility index (Phi) is 4.98. The third-order valence-electron chi connectivity index (χ3n) is 2.29. The number of rotatable bonds is 5. The zero-order chi connectivity index (χ0) is 15.4. The van der Waals surface area contributed by atoms with Crippen LogP contribution in [0.2, 0.25) is 0 Å². The molecule has 1 amide bonds. The number of nitrogen functional groups attached to an aromatic ring is 1. The molecule has 0 saturated heterocycles. The first kappa shape index (κ1) is 16.3. The van der Waals surface area contributed by atoms with Crippen LogP contribution in [-0.4, -0.2) is 32.8 Å². The molecule has 5 nitrogen and oxygen atoms in total. The van der Waals surface area contributed by atoms with Crippen LogP contribution in [0.3, 0.4) is 0 Å². The number of amides is 1. The van der Waals surface area contributed by atoms with Crippen LogP contribution in [0.25, 0.3) is 0 Å². The summed E-state index contributed by atoms with van der Waals surface area (Å²) in [5.41, 5.74) is 6.32. The van der Waals surface area contributed by atoms with Gasteiger partial charge >= 0.3 is 12.1 Å². The number of nitrogens with two attached hydrogens (primary N) is 1. The largest absolute Gasteiger partial charge is 0.471 e. The number of alkyl halides is 3. The number of benzene rings is 1. The Balaban J connectivity index is 2.53. The van der Waals surface area contributed by atoms with Crippen molar-refractivity contribution in [3.63, 3.8) is 0 Å². The molecule has 0 aliphatic heterocycles. The minimum atomic E-state index is -5.02. The average molecular weight is 310 g/mol. The normalized spacial score (nSPS) is 12.2. The summed E-state index contributed by atoms with van der Waals surface area (Å²) >= 11 is 0. The Morgan fingerprint density at radius 1 is 1.30 bits per heavy atom. The highest BCUT2D eigenvalue weighted by molar-refractivity contribution is 7.90. The Morgan fingerprint density at radius 3 is 2.50 bits per heavy atom. The molecule has 1 aromatic carbocycles. The van der Waals surface area contributed by atoms with Gasteiger partial charge in [-0.2, -0.15) is 13.2 Å². The molecule has 0 aliphatic carbocycles. The van der Waals surface area contributed by atoms with E-state index in [1.165, 1.54) is 11.4 Å². The minimum Gasteiger partial charge on any atom is -0.399 e. The molecule has 1 rings (SSSR count). The van der Waals surface area contributed by atoms with Gasteiger partial charge in [-0.1, -0.05) is 12.1 Å². The lowest BCUT2D eigenvalue weighted by atomic mass is 10.2. The molecular weight excluding hydrogens is 297 g/mol. The van der Waals surface area contributed by atoms with Crippen molar-refractivity contribution >= 4 is 21.4 Å². The number of sulfone groups is 1. The van der Waals surface area contributed by atoms with Crippen molar-refractivity contribution in [3.05, 3.63) is 29.8 Å². The topological polar surface area (TPSA) is 89.3 Å². The summed E-state index contributed by atoms with van der Waals surface area (Å²) in [6.07, 6.45) is -5.02. The molecule has 9 heteroatoms. The number of hydrogen-bond acceptors (Lipinski definition) is 4. The number of halogens is 3. The Labute approximate surface area is 113 Å². The Bertz CT molecular complexity index is 585. The van der Waals surface area contributed by atoms with E-state index < -0.39 is 34.2 Å². The SMILES string of the molecule is Nc1cccc(CS(=O)(=O)CCNC(=O)C(F)(F)F)c1. The Hall–Kier alpha value is -1.77. The maximum Gasteiger partial charge on any atom is 0.471 e. The number of hydrogen-bond donors (Lipinski definition) is 2. The van der Waals surface area contributed by atoms with Gasteiger partial charge in [-0.05, 0) is 17.7 Å². The lowest BCUT2D eigenvalue weighted by molar-refractivity contribution is -0.173. The van der Waals surface area contributed by atoms with E-state index in [2.05, 4.69) is 0 Å². The smallest absolute Gasteiger partial charge is 0.399 e. The predicted molar refractivity (Wildman–Crippen MR) is 67.4 cm³/mol. The van der Waals surface area contributed by atoms with Crippen molar-refractivity contribution < 1.29 is 26.4 Å². The van der Waals surface area contributed by atoms with Gasteiger partial charge in [0.05, 0.1) is 11.5 Å². The van der Waals surface area contributed by atoms with Crippen molar-refractivity contribution in [1.82, 2.24) is 5.32 Å². The van der Waals surface area contributed by atoms with Gasteiger partial charge in [0.1, 0.15) is 0 Å². The molecule has 1 aromatic rings. The summed E-state index contributed by atoms with van der Waals surface area (Å²) in [5, 5.41) is 1.51. The van der Waals surface area contributed by atoms with Crippen LogP contribution in [0.5, 0.6) is 0 Å². The van der Waals surface area contributed by atoms with E-state index in [1.54, 1.807) is 18.2 Å². The molecule has 0 fully saturated rings. The number of carbonyl (C=O) groups is 1. The molecule has 0 heterocycles. The van der Waals surface area contributed by atoms with Gasteiger partial charge < -0.3 is 11.1 Å². The van der Waals surface area contributed by atoms with E-state index in [1.807, 2.05) is 0 Å². The summed E-state index contributed by atoms with van der Waals surface area (Å²) in [7, 11) is -3.63. The first-order valence-electron chi connectivity index (χ1n) is 5.50. The van der Waals surface area contributed by atoms with Gasteiger partial charge in [-0.25, -0.2) is 8.42 Å². The van der Waals surface area contributed by atoms with Crippen LogP contribution >= 0.6 is 0 Å². The van der Waals surface area contributed by atoms with Crippen molar-refractivity contribution in [2.75, 3.05) is 18.0 Å². The van der Waals surface area contributed by atoms with Gasteiger partial charge in [-0.3, -0.25) is 4.79 Å². The van der Waals surface area contributed by atoms with Gasteiger partial charge in [0.15, 0.2) is 9.84 Å². The highest BCUT2D eigenvalue weighted by Crippen LogP contribution is 2.14. The zero-order valence-corrected chi connectivity index (χ0v) is 11.1. The minimum absolute atomic E-state index is 0.347. The molecule has 20 heavy (non-hydrogen) atoms. The van der Waals surface area contributed by atoms with E-state index in [-0.39, 0.29) is 5.75 Å². The Morgan fingerprint density at radius 2 is 1.95 bits per heavy atom. The van der Waals surface area contributed by atoms with Crippen LogP contribution in [0.1, 0.15) is 5.56 Å². The third kappa shape index (κ3) is 5.47. The summed E-state index contributed by atoms with van der Waals surface area (Å²) in [5.74, 6) is -3.08. The van der Waals surface area contributed by atoms with Gasteiger partial charge in [0.2, 0.25) is 0 Å². The molecule has 0 saturated carbocycles. The van der Waals surface area contributed by atoms with Gasteiger partial charge in [0, 0.05) is 12.2 Å². The molecule has 0 atom stereocenters. The summed E-state index contributed by atoms with van der Waals surface area (Å²) < 4.78 is 59.0. The number of carbonyl (C=O) groups excluding carboxylic acids is 1. The maximum atomic E-state index is 11.9. The van der Waals surface area contributed by atoms with Crippen molar-refractivity contribution in [2.45, 2.75) is 11.9 Å². The van der Waals surface area contributed by atoms with Gasteiger partial charge in [0.25, 0.3) is 0 Å². The molecule has 3 N–H and O–H groups in total. The zero-order valence-electron chi connectivity index (χ0n) is 10.3. The first-order valence-corrected chi connectivity index (χ1v) is 7.32. The van der Waals surface area contributed by atoms with Crippen molar-refractivity contribution in [3.8, 4) is 0 Å². The molecule has 0 aliphatic rings. The molecule has 0 unspecified atom stereocenters. The molecule has 0 aromatic heterocycles. The highest BCUT2D eigenvalue weighted by Gasteiger charge is 2.38. The standard InChI is InChI=1S/C11H13F3N2O3S/c12-11(13,14)10(17)16-4-5-20(18,19)7-8-2-1-3-9(15)6-8/h1-3,6H,4-5,7,15H2,(H,16,17). The molecule has 0 bridgehead atoms. The number of anilines is 1. The fourth-order valence-electron chi connectivity index (χ4n) is 1.43. The predicted octanol–water partition coefficient (Wildman–Crippen LogP) is 0.862. The quantitative estimate of drug-likeness (QED) is 0.790. The molecule has 0 radical (unpaired) electrons. The second kappa shape index (κ2) is 6.12. The van der Waals surface area contributed by atoms with E-state index in [4.69, 9.17) is 5.73 Å². The van der Waals surface area contributed by atoms with Crippen LogP contribution in [0.4, 0.5) is 18.9 Å². The maximum absolute atomic E-state index is 11.9. The second-order valence-electron chi connectivity index (χ2n) is 4.09. The lowest BCUT2D eigenvalue weighted by Crippen LogP contribution is -2.39. The molecule has 0 spiro atoms. The fourth-order valence-corrected chi connectivity index (χ4v) is 2.67. The highest BCUT2D eigenvalue weighted by atomic mass is 32.2. The van der Waals surface area contributed by atoms with Crippen LogP contribution < -0.4 is 11.1 Å². The summed E-state index contributed by atoms with van der Waals surface area (Å²) in [6, 6.07) is 6.17. The summed E-state index contributed by atoms with van der Waals surface area (Å²) in [4.78, 5) is 10.5. The third-order valence-corrected chi connectivity index (χ3v) is 3.89. The van der Waals surface area contributed by atoms with Gasteiger partial charge in [-0.15, -0.1) is 0 Å². The van der Waals surface area contributed by atoms with E-state index >= 15 is 0 Å². The van der Waals surface area contributed by atoms with Crippen LogP contribution in [0.15, 0.2) is 24.3 Å². The summed E-state index contributed by atoms with van der Waals surface area (Å²) in [6.45, 7) is -0.594. The van der Waals surface area contributed by atoms with Crippen LogP contribution in [0, 0.1) is 0 Å². The second-order valence-corrected chi connectivity index (χ2v) is 6.27. The molecular formula is C11H13F3N2O3S. The van der Waals surface area contributed by atoms with Crippen molar-refractivity contribution in [2.24, 2.45) is 0 Å². The van der Waals surface area contributed by atoms with E-state index in [0.29, 0.717) is 11.3 Å². The number of nitrogens with one attached hydrogen (secondary N) is 1. The monoisotopic (exact) mass is 310 g/mol. The molecule has 112 valence electrons. The average Bonchev–Trinajstić information content (AvgIpc) is 2.26. The lowest BCUT2D eigenvalue weighted by Gasteiger charge is -2.08. The van der Waals surface area contributed by atoms with E-state index in [9.17, 15) is 26.4 Å². The first-order chi connectivity index (χ1) is 9.10. The fraction of sp³-hybridized carbons (Fsp3) is 0.364. The van der Waals surface area contributed by atoms with E-state index in [0.717, 1.165) is 0 Å².